The molecule has 0 bridgehead atoms. The molecule has 2 amide bonds. The summed E-state index contributed by atoms with van der Waals surface area (Å²) >= 11 is 9.61. The van der Waals surface area contributed by atoms with Gasteiger partial charge in [0.1, 0.15) is 5.69 Å². The minimum atomic E-state index is -4.62. The molecule has 4 nitrogen and oxygen atoms in total. The Bertz CT molecular complexity index is 740. The standard InChI is InChI=1S/C14H10ClF3N2O2S/c15-9-5-3-7-11(12(9)21)20(23)13(22)19-10-6-2-1-4-8(10)14(16,17)18/h1-7,21,23H,(H,19,22). The predicted octanol–water partition coefficient (Wildman–Crippen LogP) is 4.95. The topological polar surface area (TPSA) is 52.6 Å². The molecule has 0 aromatic heterocycles. The molecule has 2 aromatic rings. The van der Waals surface area contributed by atoms with Gasteiger partial charge in [0.2, 0.25) is 0 Å². The van der Waals surface area contributed by atoms with Crippen LogP contribution < -0.4 is 9.62 Å². The molecule has 2 aromatic carbocycles. The Morgan fingerprint density at radius 2 is 1.83 bits per heavy atom. The molecule has 0 saturated carbocycles. The lowest BCUT2D eigenvalue weighted by Crippen LogP contribution is -2.28. The van der Waals surface area contributed by atoms with Crippen LogP contribution in [0.3, 0.4) is 0 Å². The molecule has 0 heterocycles. The normalized spacial score (nSPS) is 11.2. The number of nitrogens with zero attached hydrogens (tertiary/aromatic N) is 1. The van der Waals surface area contributed by atoms with E-state index in [0.29, 0.717) is 4.31 Å². The van der Waals surface area contributed by atoms with Gasteiger partial charge >= 0.3 is 12.2 Å². The van der Waals surface area contributed by atoms with Gasteiger partial charge in [-0.1, -0.05) is 42.6 Å². The monoisotopic (exact) mass is 362 g/mol. The smallest absolute Gasteiger partial charge is 0.418 e. The Morgan fingerprint density at radius 3 is 2.48 bits per heavy atom. The number of nitrogens with one attached hydrogen (secondary N) is 1. The highest BCUT2D eigenvalue weighted by Crippen LogP contribution is 2.37. The maximum absolute atomic E-state index is 12.9. The van der Waals surface area contributed by atoms with E-state index >= 15 is 0 Å². The fraction of sp³-hybridized carbons (Fsp3) is 0.0714. The highest BCUT2D eigenvalue weighted by molar-refractivity contribution is 7.82. The van der Waals surface area contributed by atoms with Crippen molar-refractivity contribution >= 4 is 41.8 Å². The van der Waals surface area contributed by atoms with Gasteiger partial charge in [-0.2, -0.15) is 13.2 Å². The number of amides is 2. The minimum absolute atomic E-state index is 0.0231. The zero-order valence-corrected chi connectivity index (χ0v) is 13.0. The summed E-state index contributed by atoms with van der Waals surface area (Å²) in [7, 11) is 0. The molecule has 0 aliphatic rings. The summed E-state index contributed by atoms with van der Waals surface area (Å²) in [4.78, 5) is 12.1. The second kappa shape index (κ2) is 6.59. The number of carbonyl (C=O) groups is 1. The van der Waals surface area contributed by atoms with Gasteiger partial charge in [0.15, 0.2) is 5.75 Å². The van der Waals surface area contributed by atoms with E-state index in [1.807, 2.05) is 0 Å². The van der Waals surface area contributed by atoms with Gasteiger partial charge < -0.3 is 10.4 Å². The Hall–Kier alpha value is -2.06. The average molecular weight is 363 g/mol. The number of anilines is 2. The first-order chi connectivity index (χ1) is 10.7. The summed E-state index contributed by atoms with van der Waals surface area (Å²) in [6.45, 7) is 0. The van der Waals surface area contributed by atoms with Crippen molar-refractivity contribution in [1.29, 1.82) is 0 Å². The molecule has 0 unspecified atom stereocenters. The van der Waals surface area contributed by atoms with E-state index in [1.165, 1.54) is 30.3 Å². The molecule has 0 fully saturated rings. The number of para-hydroxylation sites is 2. The zero-order valence-electron chi connectivity index (χ0n) is 11.3. The first-order valence-electron chi connectivity index (χ1n) is 6.15. The predicted molar refractivity (Wildman–Crippen MR) is 85.0 cm³/mol. The van der Waals surface area contributed by atoms with Gasteiger partial charge in [-0.15, -0.1) is 0 Å². The van der Waals surface area contributed by atoms with Gasteiger partial charge in [0.05, 0.1) is 16.3 Å². The van der Waals surface area contributed by atoms with Crippen LogP contribution in [0.25, 0.3) is 0 Å². The van der Waals surface area contributed by atoms with Crippen LogP contribution in [0.5, 0.6) is 5.75 Å². The quantitative estimate of drug-likeness (QED) is 0.662. The van der Waals surface area contributed by atoms with E-state index in [9.17, 15) is 23.1 Å². The summed E-state index contributed by atoms with van der Waals surface area (Å²) < 4.78 is 39.4. The Balaban J connectivity index is 2.28. The molecule has 2 N–H and O–H groups in total. The molecule has 2 rings (SSSR count). The Labute approximate surface area is 140 Å². The van der Waals surface area contributed by atoms with Crippen LogP contribution in [0.15, 0.2) is 42.5 Å². The lowest BCUT2D eigenvalue weighted by Gasteiger charge is -2.19. The van der Waals surface area contributed by atoms with Crippen LogP contribution in [0.2, 0.25) is 5.02 Å². The maximum atomic E-state index is 12.9. The number of alkyl halides is 3. The lowest BCUT2D eigenvalue weighted by atomic mass is 10.1. The van der Waals surface area contributed by atoms with Crippen LogP contribution in [-0.2, 0) is 6.18 Å². The second-order valence-electron chi connectivity index (χ2n) is 4.39. The van der Waals surface area contributed by atoms with Gasteiger partial charge in [0, 0.05) is 0 Å². The molecule has 0 atom stereocenters. The number of benzene rings is 2. The largest absolute Gasteiger partial charge is 0.504 e. The van der Waals surface area contributed by atoms with Gasteiger partial charge in [0.25, 0.3) is 0 Å². The van der Waals surface area contributed by atoms with Crippen LogP contribution in [0, 0.1) is 0 Å². The molecule has 122 valence electrons. The molecule has 0 saturated heterocycles. The summed E-state index contributed by atoms with van der Waals surface area (Å²) in [6.07, 6.45) is -4.62. The van der Waals surface area contributed by atoms with E-state index in [-0.39, 0.29) is 10.7 Å². The molecule has 0 aliphatic heterocycles. The van der Waals surface area contributed by atoms with Crippen molar-refractivity contribution in [1.82, 2.24) is 0 Å². The third-order valence-corrected chi connectivity index (χ3v) is 3.56. The number of rotatable bonds is 2. The van der Waals surface area contributed by atoms with Crippen LogP contribution in [0.4, 0.5) is 29.3 Å². The van der Waals surface area contributed by atoms with Gasteiger partial charge in [-0.25, -0.2) is 9.10 Å². The van der Waals surface area contributed by atoms with E-state index in [0.717, 1.165) is 12.1 Å². The number of urea groups is 1. The van der Waals surface area contributed by atoms with Crippen LogP contribution >= 0.6 is 24.4 Å². The first-order valence-corrected chi connectivity index (χ1v) is 6.93. The maximum Gasteiger partial charge on any atom is 0.418 e. The minimum Gasteiger partial charge on any atom is -0.504 e. The third kappa shape index (κ3) is 3.83. The molecular formula is C14H10ClF3N2O2S. The Kier molecular flexibility index (Phi) is 4.96. The molecule has 23 heavy (non-hydrogen) atoms. The van der Waals surface area contributed by atoms with Crippen molar-refractivity contribution in [3.05, 3.63) is 53.1 Å². The van der Waals surface area contributed by atoms with Crippen molar-refractivity contribution in [2.75, 3.05) is 9.62 Å². The number of thiol groups is 1. The molecule has 0 spiro atoms. The fourth-order valence-electron chi connectivity index (χ4n) is 1.79. The van der Waals surface area contributed by atoms with Crippen molar-refractivity contribution in [3.63, 3.8) is 0 Å². The van der Waals surface area contributed by atoms with Crippen molar-refractivity contribution < 1.29 is 23.1 Å². The fourth-order valence-corrected chi connectivity index (χ4v) is 2.17. The molecule has 0 radical (unpaired) electrons. The molecule has 9 heteroatoms. The highest BCUT2D eigenvalue weighted by atomic mass is 35.5. The second-order valence-corrected chi connectivity index (χ2v) is 5.20. The van der Waals surface area contributed by atoms with Gasteiger partial charge in [-0.05, 0) is 24.3 Å². The number of phenolic OH excluding ortho intramolecular Hbond substituents is 1. The molecular weight excluding hydrogens is 353 g/mol. The summed E-state index contributed by atoms with van der Waals surface area (Å²) in [5.41, 5.74) is -1.49. The van der Waals surface area contributed by atoms with Crippen LogP contribution in [0.1, 0.15) is 5.56 Å². The van der Waals surface area contributed by atoms with Gasteiger partial charge in [-0.3, -0.25) is 0 Å². The SMILES string of the molecule is O=C(Nc1ccccc1C(F)(F)F)N(S)c1cccc(Cl)c1O. The van der Waals surface area contributed by atoms with E-state index < -0.39 is 29.2 Å². The van der Waals surface area contributed by atoms with Crippen molar-refractivity contribution in [3.8, 4) is 5.75 Å². The number of halogens is 4. The average Bonchev–Trinajstić information content (AvgIpc) is 2.49. The number of phenols is 1. The number of carbonyl (C=O) groups excluding carboxylic acids is 1. The summed E-state index contributed by atoms with van der Waals surface area (Å²) in [6, 6.07) is 7.71. The number of aromatic hydroxyl groups is 1. The highest BCUT2D eigenvalue weighted by Gasteiger charge is 2.34. The summed E-state index contributed by atoms with van der Waals surface area (Å²) in [5, 5.41) is 11.9. The van der Waals surface area contributed by atoms with Crippen LogP contribution in [-0.4, -0.2) is 11.1 Å². The molecule has 0 aliphatic carbocycles. The van der Waals surface area contributed by atoms with E-state index in [2.05, 4.69) is 18.1 Å². The van der Waals surface area contributed by atoms with Crippen molar-refractivity contribution in [2.45, 2.75) is 6.18 Å². The number of hydrogen-bond acceptors (Lipinski definition) is 3. The zero-order chi connectivity index (χ0) is 17.2. The van der Waals surface area contributed by atoms with E-state index in [1.54, 1.807) is 0 Å². The first kappa shape index (κ1) is 17.3. The Morgan fingerprint density at radius 1 is 1.17 bits per heavy atom. The summed E-state index contributed by atoms with van der Waals surface area (Å²) in [5.74, 6) is -0.413. The van der Waals surface area contributed by atoms with E-state index in [4.69, 9.17) is 11.6 Å². The number of hydrogen-bond donors (Lipinski definition) is 3. The van der Waals surface area contributed by atoms with Crippen molar-refractivity contribution in [2.24, 2.45) is 0 Å². The lowest BCUT2D eigenvalue weighted by molar-refractivity contribution is -0.136. The third-order valence-electron chi connectivity index (χ3n) is 2.86.